The summed E-state index contributed by atoms with van der Waals surface area (Å²) in [6.07, 6.45) is 1.06. The maximum absolute atomic E-state index is 12.8. The Kier molecular flexibility index (Phi) is 5.40. The van der Waals surface area contributed by atoms with Crippen LogP contribution in [-0.4, -0.2) is 21.4 Å². The highest BCUT2D eigenvalue weighted by Crippen LogP contribution is 2.32. The molecule has 128 valence electrons. The van der Waals surface area contributed by atoms with Crippen molar-refractivity contribution >= 4 is 44.8 Å². The Bertz CT molecular complexity index is 925. The molecule has 0 N–H and O–H groups in total. The van der Waals surface area contributed by atoms with E-state index in [9.17, 15) is 19.3 Å². The van der Waals surface area contributed by atoms with Crippen LogP contribution in [-0.2, 0) is 0 Å². The number of non-ortho nitro benzene ring substituents is 1. The summed E-state index contributed by atoms with van der Waals surface area (Å²) in [5, 5.41) is 10.8. The first-order valence-electron chi connectivity index (χ1n) is 7.49. The van der Waals surface area contributed by atoms with Gasteiger partial charge >= 0.3 is 0 Å². The molecular formula is C17H13FN2O3S2. The van der Waals surface area contributed by atoms with E-state index < -0.39 is 4.92 Å². The van der Waals surface area contributed by atoms with Gasteiger partial charge in [0.1, 0.15) is 5.82 Å². The molecule has 0 bridgehead atoms. The number of hydrogen-bond donors (Lipinski definition) is 0. The molecule has 0 aliphatic carbocycles. The largest absolute Gasteiger partial charge is 0.294 e. The number of carbonyl (C=O) groups is 1. The van der Waals surface area contributed by atoms with Gasteiger partial charge in [-0.3, -0.25) is 14.9 Å². The van der Waals surface area contributed by atoms with Crippen molar-refractivity contribution in [2.75, 3.05) is 5.75 Å². The van der Waals surface area contributed by atoms with Crippen molar-refractivity contribution in [1.29, 1.82) is 0 Å². The summed E-state index contributed by atoms with van der Waals surface area (Å²) in [5.74, 6) is 0.346. The second-order valence-corrected chi connectivity index (χ2v) is 7.64. The van der Waals surface area contributed by atoms with E-state index in [0.29, 0.717) is 18.4 Å². The first kappa shape index (κ1) is 17.5. The highest BCUT2D eigenvalue weighted by atomic mass is 32.2. The number of nitro groups is 1. The number of benzene rings is 2. The standard InChI is InChI=1S/C17H13FN2O3S2/c18-12-5-3-11(4-6-12)15(21)2-1-9-24-17-19-14-8-7-13(20(22)23)10-16(14)25-17/h3-8,10H,1-2,9H2. The van der Waals surface area contributed by atoms with E-state index in [0.717, 1.165) is 20.3 Å². The van der Waals surface area contributed by atoms with Crippen molar-refractivity contribution in [3.63, 3.8) is 0 Å². The van der Waals surface area contributed by atoms with E-state index in [1.165, 1.54) is 59.5 Å². The highest BCUT2D eigenvalue weighted by Gasteiger charge is 2.11. The molecule has 0 saturated heterocycles. The van der Waals surface area contributed by atoms with E-state index >= 15 is 0 Å². The number of Topliss-reactive ketones (excluding diaryl/α,β-unsaturated/α-hetero) is 1. The Hall–Kier alpha value is -2.32. The van der Waals surface area contributed by atoms with Crippen LogP contribution in [0, 0.1) is 15.9 Å². The van der Waals surface area contributed by atoms with Gasteiger partial charge in [0.2, 0.25) is 0 Å². The number of thiazole rings is 1. The van der Waals surface area contributed by atoms with Crippen LogP contribution in [0.4, 0.5) is 10.1 Å². The molecule has 0 spiro atoms. The summed E-state index contributed by atoms with van der Waals surface area (Å²) in [4.78, 5) is 26.8. The predicted molar refractivity (Wildman–Crippen MR) is 97.0 cm³/mol. The molecule has 0 unspecified atom stereocenters. The van der Waals surface area contributed by atoms with Crippen molar-refractivity contribution in [3.8, 4) is 0 Å². The second kappa shape index (κ2) is 7.71. The van der Waals surface area contributed by atoms with Crippen LogP contribution >= 0.6 is 23.1 Å². The lowest BCUT2D eigenvalue weighted by Gasteiger charge is -2.00. The van der Waals surface area contributed by atoms with Crippen molar-refractivity contribution in [2.24, 2.45) is 0 Å². The summed E-state index contributed by atoms with van der Waals surface area (Å²) in [7, 11) is 0. The molecule has 2 aromatic carbocycles. The van der Waals surface area contributed by atoms with E-state index in [2.05, 4.69) is 4.98 Å². The number of ketones is 1. The molecule has 0 aliphatic heterocycles. The Morgan fingerprint density at radius 2 is 2.00 bits per heavy atom. The molecule has 5 nitrogen and oxygen atoms in total. The van der Waals surface area contributed by atoms with Crippen LogP contribution in [0.5, 0.6) is 0 Å². The fourth-order valence-corrected chi connectivity index (χ4v) is 4.35. The monoisotopic (exact) mass is 376 g/mol. The van der Waals surface area contributed by atoms with Crippen molar-refractivity contribution in [1.82, 2.24) is 4.98 Å². The number of thioether (sulfide) groups is 1. The fourth-order valence-electron chi connectivity index (χ4n) is 2.24. The van der Waals surface area contributed by atoms with Gasteiger partial charge in [0.25, 0.3) is 5.69 Å². The molecule has 8 heteroatoms. The molecule has 25 heavy (non-hydrogen) atoms. The number of hydrogen-bond acceptors (Lipinski definition) is 6. The highest BCUT2D eigenvalue weighted by molar-refractivity contribution is 8.01. The normalized spacial score (nSPS) is 10.9. The molecule has 3 aromatic rings. The first-order chi connectivity index (χ1) is 12.0. The zero-order chi connectivity index (χ0) is 17.8. The molecule has 0 aliphatic rings. The van der Waals surface area contributed by atoms with Crippen LogP contribution in [0.2, 0.25) is 0 Å². The Balaban J connectivity index is 1.53. The van der Waals surface area contributed by atoms with Gasteiger partial charge in [-0.2, -0.15) is 0 Å². The number of fused-ring (bicyclic) bond motifs is 1. The molecule has 0 saturated carbocycles. The first-order valence-corrected chi connectivity index (χ1v) is 9.30. The van der Waals surface area contributed by atoms with Gasteiger partial charge in [-0.1, -0.05) is 11.8 Å². The molecule has 1 heterocycles. The quantitative estimate of drug-likeness (QED) is 0.189. The SMILES string of the molecule is O=C(CCCSc1nc2ccc([N+](=O)[O-])cc2s1)c1ccc(F)cc1. The Labute approximate surface area is 151 Å². The summed E-state index contributed by atoms with van der Waals surface area (Å²) >= 11 is 2.93. The molecule has 0 amide bonds. The average Bonchev–Trinajstić information content (AvgIpc) is 3.01. The topological polar surface area (TPSA) is 73.1 Å². The average molecular weight is 376 g/mol. The number of halogens is 1. The van der Waals surface area contributed by atoms with E-state index in [1.54, 1.807) is 6.07 Å². The number of carbonyl (C=O) groups excluding carboxylic acids is 1. The molecule has 1 aromatic heterocycles. The van der Waals surface area contributed by atoms with Gasteiger partial charge in [-0.25, -0.2) is 9.37 Å². The van der Waals surface area contributed by atoms with E-state index in [1.807, 2.05) is 0 Å². The van der Waals surface area contributed by atoms with Crippen LogP contribution in [0.3, 0.4) is 0 Å². The number of aromatic nitrogens is 1. The Morgan fingerprint density at radius 3 is 2.72 bits per heavy atom. The zero-order valence-electron chi connectivity index (χ0n) is 13.0. The third-order valence-electron chi connectivity index (χ3n) is 3.50. The van der Waals surface area contributed by atoms with Crippen LogP contribution < -0.4 is 0 Å². The van der Waals surface area contributed by atoms with Gasteiger partial charge in [0, 0.05) is 29.9 Å². The molecular weight excluding hydrogens is 363 g/mol. The van der Waals surface area contributed by atoms with E-state index in [4.69, 9.17) is 0 Å². The van der Waals surface area contributed by atoms with Crippen LogP contribution in [0.25, 0.3) is 10.2 Å². The van der Waals surface area contributed by atoms with Gasteiger partial charge in [-0.15, -0.1) is 11.3 Å². The van der Waals surface area contributed by atoms with Crippen molar-refractivity contribution in [2.45, 2.75) is 17.2 Å². The van der Waals surface area contributed by atoms with Crippen LogP contribution in [0.15, 0.2) is 46.8 Å². The van der Waals surface area contributed by atoms with Gasteiger partial charge in [0.05, 0.1) is 15.1 Å². The van der Waals surface area contributed by atoms with Gasteiger partial charge in [0.15, 0.2) is 10.1 Å². The molecule has 0 radical (unpaired) electrons. The molecule has 0 fully saturated rings. The summed E-state index contributed by atoms with van der Waals surface area (Å²) in [6, 6.07) is 10.2. The van der Waals surface area contributed by atoms with Crippen molar-refractivity contribution < 1.29 is 14.1 Å². The minimum atomic E-state index is -0.424. The summed E-state index contributed by atoms with van der Waals surface area (Å²) < 4.78 is 14.4. The van der Waals surface area contributed by atoms with E-state index in [-0.39, 0.29) is 17.3 Å². The minimum absolute atomic E-state index is 0.0134. The number of nitrogens with zero attached hydrogens (tertiary/aromatic N) is 2. The lowest BCUT2D eigenvalue weighted by atomic mass is 10.1. The predicted octanol–water partition coefficient (Wildman–Crippen LogP) is 5.10. The molecule has 3 rings (SSSR count). The van der Waals surface area contributed by atoms with Crippen molar-refractivity contribution in [3.05, 3.63) is 64.0 Å². The third-order valence-corrected chi connectivity index (χ3v) is 5.75. The lowest BCUT2D eigenvalue weighted by molar-refractivity contribution is -0.384. The fraction of sp³-hybridized carbons (Fsp3) is 0.176. The van der Waals surface area contributed by atoms with Gasteiger partial charge in [-0.05, 0) is 36.8 Å². The number of nitro benzene ring substituents is 1. The lowest BCUT2D eigenvalue weighted by Crippen LogP contribution is -1.99. The summed E-state index contributed by atoms with van der Waals surface area (Å²) in [6.45, 7) is 0. The van der Waals surface area contributed by atoms with Crippen LogP contribution in [0.1, 0.15) is 23.2 Å². The third kappa shape index (κ3) is 4.40. The maximum atomic E-state index is 12.8. The maximum Gasteiger partial charge on any atom is 0.270 e. The Morgan fingerprint density at radius 1 is 1.24 bits per heavy atom. The zero-order valence-corrected chi connectivity index (χ0v) is 14.6. The van der Waals surface area contributed by atoms with Gasteiger partial charge < -0.3 is 0 Å². The summed E-state index contributed by atoms with van der Waals surface area (Å²) in [5.41, 5.74) is 1.30. The minimum Gasteiger partial charge on any atom is -0.294 e. The smallest absolute Gasteiger partial charge is 0.270 e. The molecule has 0 atom stereocenters. The number of rotatable bonds is 7. The second-order valence-electron chi connectivity index (χ2n) is 5.27.